The van der Waals surface area contributed by atoms with E-state index in [2.05, 4.69) is 6.92 Å². The number of methoxy groups -OCH3 is 1. The van der Waals surface area contributed by atoms with Crippen LogP contribution in [0.25, 0.3) is 5.76 Å². The van der Waals surface area contributed by atoms with E-state index in [1.165, 1.54) is 70.6 Å². The zero-order chi connectivity index (χ0) is 28.7. The Bertz CT molecular complexity index is 1090. The number of halogens is 1. The van der Waals surface area contributed by atoms with Gasteiger partial charge in [0.25, 0.3) is 11.7 Å². The van der Waals surface area contributed by atoms with E-state index in [1.54, 1.807) is 36.3 Å². The molecule has 1 amide bonds. The number of carbonyl (C=O) groups is 2. The van der Waals surface area contributed by atoms with Gasteiger partial charge in [-0.2, -0.15) is 0 Å². The van der Waals surface area contributed by atoms with Gasteiger partial charge in [0, 0.05) is 17.1 Å². The van der Waals surface area contributed by atoms with E-state index >= 15 is 0 Å². The molecule has 0 bridgehead atoms. The molecular formula is C34H46ClNO4. The summed E-state index contributed by atoms with van der Waals surface area (Å²) in [5, 5.41) is 11.7. The summed E-state index contributed by atoms with van der Waals surface area (Å²) in [6, 6.07) is 13.3. The molecule has 2 aromatic rings. The van der Waals surface area contributed by atoms with Gasteiger partial charge in [0.15, 0.2) is 0 Å². The highest BCUT2D eigenvalue weighted by Crippen LogP contribution is 2.40. The summed E-state index contributed by atoms with van der Waals surface area (Å²) in [6.07, 6.45) is 17.6. The van der Waals surface area contributed by atoms with Crippen molar-refractivity contribution in [3.63, 3.8) is 0 Å². The minimum absolute atomic E-state index is 0.114. The quantitative estimate of drug-likeness (QED) is 0.0843. The molecule has 3 rings (SSSR count). The molecule has 0 saturated carbocycles. The minimum Gasteiger partial charge on any atom is -0.507 e. The van der Waals surface area contributed by atoms with Crippen LogP contribution in [-0.4, -0.2) is 35.4 Å². The van der Waals surface area contributed by atoms with Crippen molar-refractivity contribution in [3.8, 4) is 5.75 Å². The number of Topliss-reactive ketones (excluding diaryl/α,β-unsaturated/α-hetero) is 1. The topological polar surface area (TPSA) is 66.8 Å². The van der Waals surface area contributed by atoms with Gasteiger partial charge in [0.2, 0.25) is 0 Å². The molecule has 40 heavy (non-hydrogen) atoms. The third-order valence-electron chi connectivity index (χ3n) is 7.84. The first-order chi connectivity index (χ1) is 19.5. The Morgan fingerprint density at radius 1 is 0.775 bits per heavy atom. The highest BCUT2D eigenvalue weighted by molar-refractivity contribution is 6.46. The van der Waals surface area contributed by atoms with Crippen molar-refractivity contribution in [2.45, 2.75) is 103 Å². The molecule has 1 saturated heterocycles. The normalized spacial score (nSPS) is 16.6. The lowest BCUT2D eigenvalue weighted by Crippen LogP contribution is -2.30. The fourth-order valence-corrected chi connectivity index (χ4v) is 5.61. The first kappa shape index (κ1) is 31.7. The molecule has 218 valence electrons. The number of likely N-dealkylation sites (tertiary alicyclic amines) is 1. The number of nitrogens with zero attached hydrogens (tertiary/aromatic N) is 1. The number of ether oxygens (including phenoxy) is 1. The Morgan fingerprint density at radius 2 is 1.27 bits per heavy atom. The van der Waals surface area contributed by atoms with Gasteiger partial charge < -0.3 is 14.7 Å². The van der Waals surface area contributed by atoms with Crippen molar-refractivity contribution in [3.05, 3.63) is 70.3 Å². The summed E-state index contributed by atoms with van der Waals surface area (Å²) in [4.78, 5) is 28.0. The second-order valence-corrected chi connectivity index (χ2v) is 11.3. The molecule has 0 spiro atoms. The zero-order valence-electron chi connectivity index (χ0n) is 24.3. The third kappa shape index (κ3) is 9.12. The van der Waals surface area contributed by atoms with E-state index in [0.29, 0.717) is 22.9 Å². The van der Waals surface area contributed by atoms with Crippen molar-refractivity contribution in [1.82, 2.24) is 4.90 Å². The summed E-state index contributed by atoms with van der Waals surface area (Å²) < 4.78 is 5.29. The van der Waals surface area contributed by atoms with Crippen LogP contribution in [0, 0.1) is 0 Å². The molecule has 0 radical (unpaired) electrons. The molecule has 1 aliphatic rings. The Hall–Kier alpha value is -2.79. The van der Waals surface area contributed by atoms with E-state index in [1.807, 2.05) is 24.3 Å². The number of benzene rings is 2. The monoisotopic (exact) mass is 567 g/mol. The second kappa shape index (κ2) is 17.1. The number of aliphatic hydroxyl groups excluding tert-OH is 1. The molecule has 0 aliphatic carbocycles. The Labute approximate surface area is 245 Å². The van der Waals surface area contributed by atoms with Gasteiger partial charge in [0.1, 0.15) is 11.5 Å². The summed E-state index contributed by atoms with van der Waals surface area (Å²) in [6.45, 7) is 2.73. The number of rotatable bonds is 18. The number of ketones is 1. The largest absolute Gasteiger partial charge is 0.507 e. The van der Waals surface area contributed by atoms with Crippen molar-refractivity contribution < 1.29 is 19.4 Å². The molecule has 1 fully saturated rings. The maximum Gasteiger partial charge on any atom is 0.295 e. The lowest BCUT2D eigenvalue weighted by atomic mass is 9.95. The maximum atomic E-state index is 13.2. The van der Waals surface area contributed by atoms with Crippen LogP contribution in [0.1, 0.15) is 114 Å². The van der Waals surface area contributed by atoms with Crippen LogP contribution in [-0.2, 0) is 9.59 Å². The smallest absolute Gasteiger partial charge is 0.295 e. The molecular weight excluding hydrogens is 522 g/mol. The summed E-state index contributed by atoms with van der Waals surface area (Å²) >= 11 is 6.02. The van der Waals surface area contributed by atoms with Crippen molar-refractivity contribution in [1.29, 1.82) is 0 Å². The van der Waals surface area contributed by atoms with E-state index < -0.39 is 17.7 Å². The Kier molecular flexibility index (Phi) is 13.6. The molecule has 1 atom stereocenters. The first-order valence-electron chi connectivity index (χ1n) is 15.2. The molecule has 1 N–H and O–H groups in total. The molecule has 5 nitrogen and oxygen atoms in total. The van der Waals surface area contributed by atoms with Crippen molar-refractivity contribution in [2.24, 2.45) is 0 Å². The van der Waals surface area contributed by atoms with Crippen LogP contribution in [0.5, 0.6) is 5.75 Å². The zero-order valence-corrected chi connectivity index (χ0v) is 25.1. The highest BCUT2D eigenvalue weighted by atomic mass is 35.5. The molecule has 0 unspecified atom stereocenters. The predicted molar refractivity (Wildman–Crippen MR) is 164 cm³/mol. The van der Waals surface area contributed by atoms with Crippen LogP contribution < -0.4 is 4.74 Å². The fraction of sp³-hybridized carbons (Fsp3) is 0.529. The van der Waals surface area contributed by atoms with Crippen LogP contribution >= 0.6 is 11.6 Å². The van der Waals surface area contributed by atoms with E-state index in [-0.39, 0.29) is 11.3 Å². The lowest BCUT2D eigenvalue weighted by molar-refractivity contribution is -0.139. The second-order valence-electron chi connectivity index (χ2n) is 10.9. The van der Waals surface area contributed by atoms with Gasteiger partial charge in [-0.05, 0) is 48.4 Å². The van der Waals surface area contributed by atoms with Gasteiger partial charge in [-0.1, -0.05) is 114 Å². The molecule has 2 aromatic carbocycles. The first-order valence-corrected chi connectivity index (χ1v) is 15.5. The lowest BCUT2D eigenvalue weighted by Gasteiger charge is -2.25. The number of aliphatic hydroxyl groups is 1. The number of amides is 1. The number of hydrogen-bond acceptors (Lipinski definition) is 4. The van der Waals surface area contributed by atoms with Crippen molar-refractivity contribution >= 4 is 29.1 Å². The standard InChI is InChI=1S/C34H46ClNO4/c1-3-4-5-6-7-8-9-10-11-12-13-14-15-16-25-36-31(26-19-23-29(40-2)24-20-26)30(33(38)34(36)39)32(37)27-17-21-28(35)22-18-27/h17-24,31,37H,3-16,25H2,1-2H3/b32-30+/t31-/m0/s1. The maximum absolute atomic E-state index is 13.2. The van der Waals surface area contributed by atoms with E-state index in [4.69, 9.17) is 16.3 Å². The number of hydrogen-bond donors (Lipinski definition) is 1. The predicted octanol–water partition coefficient (Wildman–Crippen LogP) is 9.25. The Balaban J connectivity index is 1.55. The van der Waals surface area contributed by atoms with Gasteiger partial charge >= 0.3 is 0 Å². The summed E-state index contributed by atoms with van der Waals surface area (Å²) in [5.41, 5.74) is 1.33. The van der Waals surface area contributed by atoms with Crippen molar-refractivity contribution in [2.75, 3.05) is 13.7 Å². The molecule has 1 heterocycles. The minimum atomic E-state index is -0.654. The number of carbonyl (C=O) groups excluding carboxylic acids is 2. The highest BCUT2D eigenvalue weighted by Gasteiger charge is 2.45. The summed E-state index contributed by atoms with van der Waals surface area (Å²) in [5.74, 6) is -0.714. The third-order valence-corrected chi connectivity index (χ3v) is 8.09. The van der Waals surface area contributed by atoms with Crippen LogP contribution in [0.15, 0.2) is 54.1 Å². The molecule has 6 heteroatoms. The average Bonchev–Trinajstić information content (AvgIpc) is 3.22. The Morgan fingerprint density at radius 3 is 1.77 bits per heavy atom. The molecule has 1 aliphatic heterocycles. The van der Waals surface area contributed by atoms with Gasteiger partial charge in [-0.25, -0.2) is 0 Å². The van der Waals surface area contributed by atoms with Gasteiger partial charge in [-0.3, -0.25) is 9.59 Å². The van der Waals surface area contributed by atoms with E-state index in [0.717, 1.165) is 24.8 Å². The number of unbranched alkanes of at least 4 members (excludes halogenated alkanes) is 13. The van der Waals surface area contributed by atoms with Crippen LogP contribution in [0.4, 0.5) is 0 Å². The van der Waals surface area contributed by atoms with Gasteiger partial charge in [-0.15, -0.1) is 0 Å². The van der Waals surface area contributed by atoms with Crippen LogP contribution in [0.2, 0.25) is 5.02 Å². The average molecular weight is 568 g/mol. The SMILES string of the molecule is CCCCCCCCCCCCCCCCN1C(=O)C(=O)/C(=C(/O)c2ccc(Cl)cc2)[C@@H]1c1ccc(OC)cc1. The summed E-state index contributed by atoms with van der Waals surface area (Å²) in [7, 11) is 1.59. The van der Waals surface area contributed by atoms with Gasteiger partial charge in [0.05, 0.1) is 18.7 Å². The molecule has 0 aromatic heterocycles. The fourth-order valence-electron chi connectivity index (χ4n) is 5.48. The van der Waals surface area contributed by atoms with Crippen LogP contribution in [0.3, 0.4) is 0 Å². The van der Waals surface area contributed by atoms with E-state index in [9.17, 15) is 14.7 Å².